The van der Waals surface area contributed by atoms with Crippen LogP contribution in [0.1, 0.15) is 44.2 Å². The zero-order chi connectivity index (χ0) is 42.4. The van der Waals surface area contributed by atoms with Gasteiger partial charge in [0, 0.05) is 24.8 Å². The number of anilines is 1. The molecule has 0 bridgehead atoms. The zero-order valence-electron chi connectivity index (χ0n) is 32.2. The second-order valence-corrected chi connectivity index (χ2v) is 14.1. The van der Waals surface area contributed by atoms with E-state index in [-0.39, 0.29) is 55.8 Å². The van der Waals surface area contributed by atoms with Crippen molar-refractivity contribution >= 4 is 57.9 Å². The molecule has 4 aromatic rings. The molecule has 14 N–H and O–H groups in total. The largest absolute Gasteiger partial charge is 0.421 e. The molecule has 4 rings (SSSR count). The number of amides is 4. The van der Waals surface area contributed by atoms with Crippen LogP contribution in [-0.4, -0.2) is 66.3 Å². The lowest BCUT2D eigenvalue weighted by molar-refractivity contribution is -0.133. The first-order valence-corrected chi connectivity index (χ1v) is 18.6. The van der Waals surface area contributed by atoms with E-state index in [1.165, 1.54) is 24.3 Å². The van der Waals surface area contributed by atoms with Crippen LogP contribution in [0.15, 0.2) is 98.1 Å². The van der Waals surface area contributed by atoms with Gasteiger partial charge in [-0.05, 0) is 72.7 Å². The van der Waals surface area contributed by atoms with Gasteiger partial charge in [0.15, 0.2) is 11.9 Å². The summed E-state index contributed by atoms with van der Waals surface area (Å²) in [4.78, 5) is 75.5. The molecule has 308 valence electrons. The van der Waals surface area contributed by atoms with Crippen LogP contribution in [0.3, 0.4) is 0 Å². The van der Waals surface area contributed by atoms with E-state index in [4.69, 9.17) is 33.1 Å². The number of halogens is 1. The van der Waals surface area contributed by atoms with Crippen molar-refractivity contribution in [3.05, 3.63) is 106 Å². The molecular weight excluding hydrogens is 750 g/mol. The Bertz CT molecular complexity index is 2170. The number of benzene rings is 3. The number of nitrogens with two attached hydrogens (primary N) is 5. The van der Waals surface area contributed by atoms with Crippen LogP contribution in [0.2, 0.25) is 0 Å². The van der Waals surface area contributed by atoms with Crippen LogP contribution < -0.4 is 55.6 Å². The summed E-state index contributed by atoms with van der Waals surface area (Å²) in [5.74, 6) is -3.74. The van der Waals surface area contributed by atoms with E-state index in [1.54, 1.807) is 54.6 Å². The summed E-state index contributed by atoms with van der Waals surface area (Å²) in [6, 6.07) is 15.7. The Hall–Kier alpha value is -6.98. The van der Waals surface area contributed by atoms with Gasteiger partial charge >= 0.3 is 5.63 Å². The number of hydrogen-bond acceptors (Lipinski definition) is 9. The summed E-state index contributed by atoms with van der Waals surface area (Å²) in [7, 11) is 0. The standard InChI is InChI=1S/C40H50FN11O6/c1-22(2)18-29(35(54)50-28(34(42)53)7-5-17-47-39(43)44)51-37(56)31(20-24-11-15-27(16-12-24)48-40(45)46)52-36(55)30(19-23-9-13-26(41)14-10-23)49-32-21-25-6-3-4-8-33(25)58-38(32)57/h3-4,6,8-16,21-22,28-31,49H,5,7,17-20H2,1-2H3,(H2,42,53)(H,50,54)(H,51,56)(H,52,55)(H4,43,44,47)(H4,45,46,48)/t28-,29-,30-,31-/m0/s1. The number of nitrogens with one attached hydrogen (secondary N) is 4. The summed E-state index contributed by atoms with van der Waals surface area (Å²) in [5.41, 5.74) is 28.6. The van der Waals surface area contributed by atoms with Crippen LogP contribution in [-0.2, 0) is 32.0 Å². The highest BCUT2D eigenvalue weighted by Crippen LogP contribution is 2.19. The van der Waals surface area contributed by atoms with Gasteiger partial charge in [-0.2, -0.15) is 0 Å². The van der Waals surface area contributed by atoms with Gasteiger partial charge < -0.3 is 54.4 Å². The number of guanidine groups is 2. The molecule has 4 atom stereocenters. The molecule has 18 heteroatoms. The summed E-state index contributed by atoms with van der Waals surface area (Å²) in [6.45, 7) is 3.89. The molecule has 3 aromatic carbocycles. The number of fused-ring (bicyclic) bond motifs is 1. The first-order chi connectivity index (χ1) is 27.6. The third kappa shape index (κ3) is 13.6. The quantitative estimate of drug-likeness (QED) is 0.0264. The molecule has 0 fully saturated rings. The maximum Gasteiger partial charge on any atom is 0.359 e. The fourth-order valence-corrected chi connectivity index (χ4v) is 6.03. The Morgan fingerprint density at radius 2 is 1.29 bits per heavy atom. The molecule has 1 aromatic heterocycles. The lowest BCUT2D eigenvalue weighted by Crippen LogP contribution is -2.58. The average molecular weight is 800 g/mol. The van der Waals surface area contributed by atoms with E-state index in [9.17, 15) is 28.4 Å². The van der Waals surface area contributed by atoms with Gasteiger partial charge in [0.25, 0.3) is 0 Å². The Labute approximate surface area is 334 Å². The fourth-order valence-electron chi connectivity index (χ4n) is 6.03. The third-order valence-corrected chi connectivity index (χ3v) is 8.85. The van der Waals surface area contributed by atoms with Crippen LogP contribution >= 0.6 is 0 Å². The molecule has 58 heavy (non-hydrogen) atoms. The monoisotopic (exact) mass is 799 g/mol. The number of aliphatic imine (C=N–C) groups is 2. The minimum Gasteiger partial charge on any atom is -0.421 e. The van der Waals surface area contributed by atoms with Crippen molar-refractivity contribution in [2.24, 2.45) is 44.6 Å². The third-order valence-electron chi connectivity index (χ3n) is 8.85. The molecular formula is C40H50FN11O6. The highest BCUT2D eigenvalue weighted by Gasteiger charge is 2.32. The van der Waals surface area contributed by atoms with Gasteiger partial charge in [-0.1, -0.05) is 56.3 Å². The molecule has 0 radical (unpaired) electrons. The number of primary amides is 1. The molecule has 0 spiro atoms. The number of rotatable bonds is 20. The average Bonchev–Trinajstić information content (AvgIpc) is 3.16. The predicted molar refractivity (Wildman–Crippen MR) is 220 cm³/mol. The minimum atomic E-state index is -1.29. The van der Waals surface area contributed by atoms with E-state index in [0.29, 0.717) is 34.2 Å². The highest BCUT2D eigenvalue weighted by atomic mass is 19.1. The maximum absolute atomic E-state index is 14.3. The first kappa shape index (κ1) is 43.7. The number of carbonyl (C=O) groups is 4. The highest BCUT2D eigenvalue weighted by molar-refractivity contribution is 5.95. The molecule has 0 aliphatic rings. The Kier molecular flexibility index (Phi) is 15.7. The van der Waals surface area contributed by atoms with Gasteiger partial charge in [0.2, 0.25) is 23.6 Å². The van der Waals surface area contributed by atoms with Crippen LogP contribution in [0.5, 0.6) is 0 Å². The second kappa shape index (κ2) is 20.8. The number of carbonyl (C=O) groups excluding carboxylic acids is 4. The molecule has 0 saturated carbocycles. The van der Waals surface area contributed by atoms with Gasteiger partial charge in [0.1, 0.15) is 41.3 Å². The van der Waals surface area contributed by atoms with Crippen molar-refractivity contribution in [3.8, 4) is 0 Å². The minimum absolute atomic E-state index is 0.0201. The molecule has 1 heterocycles. The molecule has 4 amide bonds. The predicted octanol–water partition coefficient (Wildman–Crippen LogP) is 1.14. The molecule has 17 nitrogen and oxygen atoms in total. The van der Waals surface area contributed by atoms with E-state index >= 15 is 0 Å². The van der Waals surface area contributed by atoms with Crippen molar-refractivity contribution in [1.29, 1.82) is 0 Å². The second-order valence-electron chi connectivity index (χ2n) is 14.1. The Balaban J connectivity index is 1.65. The fraction of sp³-hybridized carbons (Fsp3) is 0.325. The first-order valence-electron chi connectivity index (χ1n) is 18.6. The summed E-state index contributed by atoms with van der Waals surface area (Å²) >= 11 is 0. The number of hydrogen-bond donors (Lipinski definition) is 9. The zero-order valence-corrected chi connectivity index (χ0v) is 32.2. The summed E-state index contributed by atoms with van der Waals surface area (Å²) < 4.78 is 19.3. The Morgan fingerprint density at radius 1 is 0.724 bits per heavy atom. The van der Waals surface area contributed by atoms with Gasteiger partial charge in [0.05, 0.1) is 5.69 Å². The molecule has 0 unspecified atom stereocenters. The van der Waals surface area contributed by atoms with Crippen LogP contribution in [0, 0.1) is 11.7 Å². The van der Waals surface area contributed by atoms with Crippen molar-refractivity contribution in [1.82, 2.24) is 16.0 Å². The molecule has 0 aliphatic carbocycles. The smallest absolute Gasteiger partial charge is 0.359 e. The normalized spacial score (nSPS) is 13.0. The Morgan fingerprint density at radius 3 is 1.91 bits per heavy atom. The van der Waals surface area contributed by atoms with E-state index < -0.39 is 59.2 Å². The number of para-hydroxylation sites is 1. The van der Waals surface area contributed by atoms with Gasteiger partial charge in [-0.15, -0.1) is 0 Å². The lowest BCUT2D eigenvalue weighted by atomic mass is 9.99. The topological polar surface area (TPSA) is 301 Å². The van der Waals surface area contributed by atoms with E-state index in [1.807, 2.05) is 13.8 Å². The van der Waals surface area contributed by atoms with Crippen LogP contribution in [0.25, 0.3) is 11.0 Å². The SMILES string of the molecule is CC(C)C[C@H](NC(=O)[C@H](Cc1ccc(N=C(N)N)cc1)NC(=O)[C@H](Cc1ccc(F)cc1)Nc1cc2ccccc2oc1=O)C(=O)N[C@@H](CCCN=C(N)N)C(N)=O. The van der Waals surface area contributed by atoms with Gasteiger partial charge in [-0.25, -0.2) is 14.2 Å². The molecule has 0 aliphatic heterocycles. The van der Waals surface area contributed by atoms with Crippen molar-refractivity contribution in [2.75, 3.05) is 11.9 Å². The van der Waals surface area contributed by atoms with E-state index in [2.05, 4.69) is 31.3 Å². The van der Waals surface area contributed by atoms with E-state index in [0.717, 1.165) is 0 Å². The van der Waals surface area contributed by atoms with Crippen molar-refractivity contribution < 1.29 is 28.0 Å². The van der Waals surface area contributed by atoms with Crippen molar-refractivity contribution in [3.63, 3.8) is 0 Å². The number of nitrogens with zero attached hydrogens (tertiary/aromatic N) is 2. The summed E-state index contributed by atoms with van der Waals surface area (Å²) in [6.07, 6.45) is 0.531. The lowest BCUT2D eigenvalue weighted by Gasteiger charge is -2.27. The van der Waals surface area contributed by atoms with Gasteiger partial charge in [-0.3, -0.25) is 24.2 Å². The molecule has 0 saturated heterocycles. The maximum atomic E-state index is 14.3. The summed E-state index contributed by atoms with van der Waals surface area (Å²) in [5, 5.41) is 11.7. The van der Waals surface area contributed by atoms with Crippen molar-refractivity contribution in [2.45, 2.75) is 70.1 Å². The van der Waals surface area contributed by atoms with Crippen LogP contribution in [0.4, 0.5) is 15.8 Å².